The third-order valence-corrected chi connectivity index (χ3v) is 10.2. The quantitative estimate of drug-likeness (QED) is 0.344. The topological polar surface area (TPSA) is 113 Å². The van der Waals surface area contributed by atoms with E-state index in [0.717, 1.165) is 32.2 Å². The van der Waals surface area contributed by atoms with Crippen LogP contribution in [0.15, 0.2) is 24.3 Å². The van der Waals surface area contributed by atoms with Crippen LogP contribution in [-0.4, -0.2) is 105 Å². The maximum atomic E-state index is 14.5. The van der Waals surface area contributed by atoms with Crippen molar-refractivity contribution in [3.05, 3.63) is 41.5 Å². The number of rotatable bonds is 8. The number of anilines is 1. The molecule has 4 aliphatic heterocycles. The maximum absolute atomic E-state index is 14.5. The van der Waals surface area contributed by atoms with Gasteiger partial charge in [0.25, 0.3) is 0 Å². The summed E-state index contributed by atoms with van der Waals surface area (Å²) in [5.41, 5.74) is -0.267. The van der Waals surface area contributed by atoms with E-state index < -0.39 is 23.3 Å². The number of phenols is 1. The van der Waals surface area contributed by atoms with Gasteiger partial charge in [0.15, 0.2) is 11.6 Å². The highest BCUT2D eigenvalue weighted by molar-refractivity contribution is 5.92. The van der Waals surface area contributed by atoms with Crippen molar-refractivity contribution in [3.63, 3.8) is 0 Å². The minimum Gasteiger partial charge on any atom is -0.504 e. The van der Waals surface area contributed by atoms with Gasteiger partial charge in [-0.15, -0.1) is 0 Å². The van der Waals surface area contributed by atoms with Crippen LogP contribution in [0.2, 0.25) is 0 Å². The molecule has 1 amide bonds. The van der Waals surface area contributed by atoms with Crippen molar-refractivity contribution in [1.82, 2.24) is 24.8 Å². The minimum absolute atomic E-state index is 0.0462. The van der Waals surface area contributed by atoms with Gasteiger partial charge >= 0.3 is 12.1 Å². The Kier molecular flexibility index (Phi) is 8.45. The lowest BCUT2D eigenvalue weighted by molar-refractivity contribution is 0.0122. The number of nitrogens with zero attached hydrogens (tertiary/aromatic N) is 6. The summed E-state index contributed by atoms with van der Waals surface area (Å²) >= 11 is 0. The van der Waals surface area contributed by atoms with Crippen molar-refractivity contribution in [2.75, 3.05) is 44.8 Å². The molecule has 0 spiro atoms. The molecule has 4 fully saturated rings. The molecule has 7 rings (SSSR count). The van der Waals surface area contributed by atoms with E-state index in [1.807, 2.05) is 25.7 Å². The molecule has 4 aliphatic rings. The smallest absolute Gasteiger partial charge is 0.410 e. The van der Waals surface area contributed by atoms with Crippen molar-refractivity contribution in [2.45, 2.75) is 95.1 Å². The molecule has 4 saturated heterocycles. The first-order valence-corrected chi connectivity index (χ1v) is 16.9. The molecule has 3 aromatic rings. The van der Waals surface area contributed by atoms with Gasteiger partial charge in [-0.05, 0) is 88.6 Å². The van der Waals surface area contributed by atoms with Crippen molar-refractivity contribution < 1.29 is 32.9 Å². The standard InChI is InChI=1S/C35H44F2N6O5/c1-34(2,3)48-33(45)43-24-8-9-25(43)19-41(18-24)31-38-28(39-32(40-31)47-20-35-12-5-13-42(35)17-23(36)16-35)11-7-22-15-26(46-4)14-21-6-10-27(37)30(44)29(21)22/h6,10,14-15,23-25,44H,5,7-9,11-13,16-20H2,1-4H3/t23-,24?,25?,35+/m1/s1. The Morgan fingerprint density at radius 1 is 1.08 bits per heavy atom. The molecule has 0 aliphatic carbocycles. The van der Waals surface area contributed by atoms with Crippen LogP contribution < -0.4 is 14.4 Å². The number of amides is 1. The van der Waals surface area contributed by atoms with E-state index in [-0.39, 0.29) is 36.3 Å². The fourth-order valence-corrected chi connectivity index (χ4v) is 8.07. The molecule has 48 heavy (non-hydrogen) atoms. The van der Waals surface area contributed by atoms with Gasteiger partial charge < -0.3 is 24.2 Å². The minimum atomic E-state index is -0.880. The zero-order valence-corrected chi connectivity index (χ0v) is 28.0. The van der Waals surface area contributed by atoms with Gasteiger partial charge in [-0.25, -0.2) is 13.6 Å². The predicted octanol–water partition coefficient (Wildman–Crippen LogP) is 5.21. The summed E-state index contributed by atoms with van der Waals surface area (Å²) in [4.78, 5) is 33.6. The van der Waals surface area contributed by atoms with Crippen LogP contribution in [0.3, 0.4) is 0 Å². The number of hydrogen-bond acceptors (Lipinski definition) is 10. The normalized spacial score (nSPS) is 25.5. The summed E-state index contributed by atoms with van der Waals surface area (Å²) in [5, 5.41) is 11.7. The van der Waals surface area contributed by atoms with Gasteiger partial charge in [-0.3, -0.25) is 9.80 Å². The number of benzene rings is 2. The Morgan fingerprint density at radius 2 is 1.85 bits per heavy atom. The molecule has 4 atom stereocenters. The third-order valence-electron chi connectivity index (χ3n) is 10.2. The van der Waals surface area contributed by atoms with Crippen LogP contribution in [0.4, 0.5) is 19.5 Å². The van der Waals surface area contributed by atoms with E-state index in [4.69, 9.17) is 29.2 Å². The average molecular weight is 667 g/mol. The summed E-state index contributed by atoms with van der Waals surface area (Å²) in [6.45, 7) is 8.23. The number of phenolic OH excluding ortho intramolecular Hbond substituents is 1. The lowest BCUT2D eigenvalue weighted by atomic mass is 9.95. The van der Waals surface area contributed by atoms with E-state index in [1.165, 1.54) is 6.07 Å². The number of halogens is 2. The van der Waals surface area contributed by atoms with Gasteiger partial charge in [-0.2, -0.15) is 15.0 Å². The molecule has 258 valence electrons. The molecule has 2 aromatic carbocycles. The van der Waals surface area contributed by atoms with Crippen LogP contribution in [0.1, 0.15) is 64.3 Å². The number of aromatic hydroxyl groups is 1. The van der Waals surface area contributed by atoms with Crippen LogP contribution in [0.25, 0.3) is 10.8 Å². The second-order valence-electron chi connectivity index (χ2n) is 14.7. The predicted molar refractivity (Wildman–Crippen MR) is 175 cm³/mol. The van der Waals surface area contributed by atoms with Crippen LogP contribution in [0.5, 0.6) is 17.5 Å². The highest BCUT2D eigenvalue weighted by atomic mass is 19.1. The summed E-state index contributed by atoms with van der Waals surface area (Å²) in [5.74, 6) is 0.405. The average Bonchev–Trinajstić information content (AvgIpc) is 3.66. The zero-order chi connectivity index (χ0) is 33.8. The monoisotopic (exact) mass is 666 g/mol. The number of hydrogen-bond donors (Lipinski definition) is 1. The largest absolute Gasteiger partial charge is 0.504 e. The van der Waals surface area contributed by atoms with Crippen LogP contribution >= 0.6 is 0 Å². The lowest BCUT2D eigenvalue weighted by Crippen LogP contribution is -2.57. The molecule has 0 saturated carbocycles. The maximum Gasteiger partial charge on any atom is 0.410 e. The summed E-state index contributed by atoms with van der Waals surface area (Å²) in [6.07, 6.45) is 3.54. The number of fused-ring (bicyclic) bond motifs is 4. The van der Waals surface area contributed by atoms with Crippen molar-refractivity contribution in [2.24, 2.45) is 0 Å². The Bertz CT molecular complexity index is 1690. The van der Waals surface area contributed by atoms with Gasteiger partial charge in [0.1, 0.15) is 30.0 Å². The molecule has 5 heterocycles. The number of piperazine rings is 1. The first kappa shape index (κ1) is 32.5. The molecule has 2 bridgehead atoms. The molecule has 11 nitrogen and oxygen atoms in total. The van der Waals surface area contributed by atoms with Crippen LogP contribution in [-0.2, 0) is 17.6 Å². The Morgan fingerprint density at radius 3 is 2.58 bits per heavy atom. The number of ether oxygens (including phenoxy) is 3. The molecule has 13 heteroatoms. The summed E-state index contributed by atoms with van der Waals surface area (Å²) in [7, 11) is 1.56. The molecule has 0 radical (unpaired) electrons. The summed E-state index contributed by atoms with van der Waals surface area (Å²) < 4.78 is 46.5. The number of carbonyl (C=O) groups is 1. The molecular formula is C35H44F2N6O5. The Balaban J connectivity index is 1.17. The van der Waals surface area contributed by atoms with Crippen molar-refractivity contribution in [1.29, 1.82) is 0 Å². The van der Waals surface area contributed by atoms with Crippen molar-refractivity contribution >= 4 is 22.8 Å². The first-order chi connectivity index (χ1) is 22.9. The highest BCUT2D eigenvalue weighted by Gasteiger charge is 2.50. The number of alkyl halides is 1. The second-order valence-corrected chi connectivity index (χ2v) is 14.7. The number of aryl methyl sites for hydroxylation is 2. The van der Waals surface area contributed by atoms with Crippen molar-refractivity contribution in [3.8, 4) is 17.5 Å². The van der Waals surface area contributed by atoms with E-state index >= 15 is 0 Å². The summed E-state index contributed by atoms with van der Waals surface area (Å²) in [6, 6.07) is 6.47. The van der Waals surface area contributed by atoms with E-state index in [0.29, 0.717) is 72.8 Å². The second kappa shape index (κ2) is 12.5. The fourth-order valence-electron chi connectivity index (χ4n) is 8.07. The Hall–Kier alpha value is -4.00. The SMILES string of the molecule is COc1cc(CCc2nc(OC[C@@]34CCCN3C[C@H](F)C4)nc(N3CC4CCC(C3)N4C(=O)OC(C)(C)C)n2)c2c(O)c(F)ccc2c1. The number of methoxy groups -OCH3 is 1. The zero-order valence-electron chi connectivity index (χ0n) is 28.0. The van der Waals surface area contributed by atoms with Crippen LogP contribution in [0, 0.1) is 5.82 Å². The highest BCUT2D eigenvalue weighted by Crippen LogP contribution is 2.41. The fraction of sp³-hybridized carbons (Fsp3) is 0.600. The van der Waals surface area contributed by atoms with E-state index in [2.05, 4.69) is 9.80 Å². The molecule has 1 aromatic heterocycles. The molecular weight excluding hydrogens is 622 g/mol. The number of carbonyl (C=O) groups excluding carboxylic acids is 1. The first-order valence-electron chi connectivity index (χ1n) is 16.9. The third kappa shape index (κ3) is 6.28. The number of aromatic nitrogens is 3. The Labute approximate surface area is 279 Å². The molecule has 2 unspecified atom stereocenters. The lowest BCUT2D eigenvalue weighted by Gasteiger charge is -2.41. The van der Waals surface area contributed by atoms with Gasteiger partial charge in [-0.1, -0.05) is 6.07 Å². The van der Waals surface area contributed by atoms with E-state index in [1.54, 1.807) is 25.3 Å². The van der Waals surface area contributed by atoms with Gasteiger partial charge in [0, 0.05) is 37.9 Å². The molecule has 1 N–H and O–H groups in total. The van der Waals surface area contributed by atoms with E-state index in [9.17, 15) is 18.7 Å². The van der Waals surface area contributed by atoms with Gasteiger partial charge in [0.2, 0.25) is 5.95 Å². The van der Waals surface area contributed by atoms with Gasteiger partial charge in [0.05, 0.1) is 24.7 Å².